The summed E-state index contributed by atoms with van der Waals surface area (Å²) in [5, 5.41) is 19.9. The lowest BCUT2D eigenvalue weighted by Gasteiger charge is -2.22. The van der Waals surface area contributed by atoms with E-state index in [-0.39, 0.29) is 16.5 Å². The predicted octanol–water partition coefficient (Wildman–Crippen LogP) is 4.86. The third-order valence-corrected chi connectivity index (χ3v) is 7.76. The third-order valence-electron chi connectivity index (χ3n) is 5.64. The minimum atomic E-state index is -0.880. The number of amides is 1. The van der Waals surface area contributed by atoms with E-state index in [2.05, 4.69) is 15.2 Å². The summed E-state index contributed by atoms with van der Waals surface area (Å²) in [7, 11) is 1.54. The summed E-state index contributed by atoms with van der Waals surface area (Å²) >= 11 is 2.72. The largest absolute Gasteiger partial charge is 0.507 e. The number of aliphatic hydroxyl groups excluding tert-OH is 1. The van der Waals surface area contributed by atoms with Crippen molar-refractivity contribution in [2.75, 3.05) is 12.0 Å². The predicted molar refractivity (Wildman–Crippen MR) is 138 cm³/mol. The molecule has 0 spiro atoms. The molecular formula is C26H20N4O4S2. The first-order chi connectivity index (χ1) is 17.6. The van der Waals surface area contributed by atoms with E-state index >= 15 is 0 Å². The van der Waals surface area contributed by atoms with Crippen LogP contribution in [0.4, 0.5) is 5.13 Å². The van der Waals surface area contributed by atoms with Gasteiger partial charge in [-0.05, 0) is 47.5 Å². The molecule has 8 nitrogen and oxygen atoms in total. The number of rotatable bonds is 7. The molecule has 0 aliphatic carbocycles. The van der Waals surface area contributed by atoms with Crippen LogP contribution in [0, 0.1) is 0 Å². The van der Waals surface area contributed by atoms with Gasteiger partial charge in [0.15, 0.2) is 4.34 Å². The van der Waals surface area contributed by atoms with Crippen LogP contribution >= 0.6 is 23.1 Å². The number of aliphatic hydroxyl groups is 1. The van der Waals surface area contributed by atoms with Gasteiger partial charge < -0.3 is 9.84 Å². The Morgan fingerprint density at radius 2 is 1.75 bits per heavy atom. The van der Waals surface area contributed by atoms with Gasteiger partial charge >= 0.3 is 5.91 Å². The number of thioether (sulfide) groups is 1. The summed E-state index contributed by atoms with van der Waals surface area (Å²) in [4.78, 5) is 31.8. The van der Waals surface area contributed by atoms with Gasteiger partial charge in [-0.2, -0.15) is 0 Å². The number of carbonyl (C=O) groups excluding carboxylic acids is 2. The van der Waals surface area contributed by atoms with Crippen molar-refractivity contribution in [1.82, 2.24) is 15.2 Å². The zero-order valence-electron chi connectivity index (χ0n) is 19.1. The SMILES string of the molecule is COc1ccc(/C(O)=C2\C(=O)C(=O)N(c3nnc(SCc4ccccc4)s3)C2c2ccncc2)cc1. The standard InChI is InChI=1S/C26H20N4O4S2/c1-34-19-9-7-18(8-10-19)22(31)20-21(17-11-13-27-14-12-17)30(24(33)23(20)32)25-28-29-26(36-25)35-15-16-5-3-2-4-6-16/h2-14,21,31H,15H2,1H3/b22-20+. The number of methoxy groups -OCH3 is 1. The van der Waals surface area contributed by atoms with Gasteiger partial charge in [0.05, 0.1) is 18.7 Å². The summed E-state index contributed by atoms with van der Waals surface area (Å²) in [5.41, 5.74) is 2.12. The second-order valence-corrected chi connectivity index (χ2v) is 9.98. The number of anilines is 1. The minimum absolute atomic E-state index is 0.0231. The molecular weight excluding hydrogens is 496 g/mol. The number of ether oxygens (including phenoxy) is 1. The lowest BCUT2D eigenvalue weighted by molar-refractivity contribution is -0.132. The number of ketones is 1. The highest BCUT2D eigenvalue weighted by atomic mass is 32.2. The minimum Gasteiger partial charge on any atom is -0.507 e. The Kier molecular flexibility index (Phi) is 6.79. The molecule has 1 saturated heterocycles. The zero-order chi connectivity index (χ0) is 25.1. The zero-order valence-corrected chi connectivity index (χ0v) is 20.7. The van der Waals surface area contributed by atoms with E-state index in [9.17, 15) is 14.7 Å². The van der Waals surface area contributed by atoms with E-state index in [1.165, 1.54) is 35.1 Å². The molecule has 1 N–H and O–H groups in total. The first kappa shape index (κ1) is 23.7. The Morgan fingerprint density at radius 3 is 2.44 bits per heavy atom. The van der Waals surface area contributed by atoms with Crippen LogP contribution in [0.15, 0.2) is 89.0 Å². The number of aromatic nitrogens is 3. The summed E-state index contributed by atoms with van der Waals surface area (Å²) in [6, 6.07) is 19.1. The molecule has 0 bridgehead atoms. The van der Waals surface area contributed by atoms with Crippen LogP contribution in [0.1, 0.15) is 22.7 Å². The number of hydrogen-bond acceptors (Lipinski definition) is 9. The van der Waals surface area contributed by atoms with Crippen molar-refractivity contribution in [1.29, 1.82) is 0 Å². The van der Waals surface area contributed by atoms with Crippen LogP contribution in [-0.4, -0.2) is 39.1 Å². The van der Waals surface area contributed by atoms with Crippen LogP contribution in [-0.2, 0) is 15.3 Å². The number of nitrogens with zero attached hydrogens (tertiary/aromatic N) is 4. The molecule has 1 fully saturated rings. The molecule has 2 aromatic carbocycles. The number of hydrogen-bond donors (Lipinski definition) is 1. The van der Waals surface area contributed by atoms with Crippen molar-refractivity contribution in [3.63, 3.8) is 0 Å². The van der Waals surface area contributed by atoms with Gasteiger partial charge in [-0.25, -0.2) is 0 Å². The Bertz CT molecular complexity index is 1420. The molecule has 36 heavy (non-hydrogen) atoms. The quantitative estimate of drug-likeness (QED) is 0.122. The van der Waals surface area contributed by atoms with Crippen LogP contribution in [0.3, 0.4) is 0 Å². The van der Waals surface area contributed by atoms with E-state index in [1.807, 2.05) is 30.3 Å². The molecule has 1 aliphatic heterocycles. The van der Waals surface area contributed by atoms with Crippen LogP contribution < -0.4 is 9.64 Å². The number of carbonyl (C=O) groups is 2. The fraction of sp³-hybridized carbons (Fsp3) is 0.115. The van der Waals surface area contributed by atoms with E-state index in [0.29, 0.717) is 27.0 Å². The summed E-state index contributed by atoms with van der Waals surface area (Å²) in [6.45, 7) is 0. The Labute approximate surface area is 215 Å². The van der Waals surface area contributed by atoms with Crippen molar-refractivity contribution >= 4 is 45.7 Å². The fourth-order valence-corrected chi connectivity index (χ4v) is 5.70. The van der Waals surface area contributed by atoms with Crippen molar-refractivity contribution < 1.29 is 19.4 Å². The van der Waals surface area contributed by atoms with Crippen LogP contribution in [0.2, 0.25) is 0 Å². The monoisotopic (exact) mass is 516 g/mol. The smallest absolute Gasteiger partial charge is 0.301 e. The van der Waals surface area contributed by atoms with Crippen molar-refractivity contribution in [3.05, 3.63) is 101 Å². The maximum atomic E-state index is 13.3. The molecule has 4 aromatic rings. The van der Waals surface area contributed by atoms with Gasteiger partial charge in [0, 0.05) is 23.7 Å². The molecule has 0 saturated carbocycles. The first-order valence-corrected chi connectivity index (χ1v) is 12.7. The molecule has 5 rings (SSSR count). The molecule has 1 aliphatic rings. The van der Waals surface area contributed by atoms with Gasteiger partial charge in [-0.3, -0.25) is 19.5 Å². The molecule has 1 atom stereocenters. The number of benzene rings is 2. The molecule has 180 valence electrons. The normalized spacial score (nSPS) is 16.9. The molecule has 1 unspecified atom stereocenters. The van der Waals surface area contributed by atoms with E-state index in [4.69, 9.17) is 4.74 Å². The van der Waals surface area contributed by atoms with Crippen LogP contribution in [0.25, 0.3) is 5.76 Å². The average molecular weight is 517 g/mol. The maximum Gasteiger partial charge on any atom is 0.301 e. The van der Waals surface area contributed by atoms with Gasteiger partial charge in [-0.15, -0.1) is 10.2 Å². The van der Waals surface area contributed by atoms with Gasteiger partial charge in [0.25, 0.3) is 5.78 Å². The average Bonchev–Trinajstić information content (AvgIpc) is 3.50. The highest BCUT2D eigenvalue weighted by Gasteiger charge is 2.48. The summed E-state index contributed by atoms with van der Waals surface area (Å²) < 4.78 is 5.84. The van der Waals surface area contributed by atoms with Crippen molar-refractivity contribution in [2.45, 2.75) is 16.1 Å². The molecule has 10 heteroatoms. The van der Waals surface area contributed by atoms with Gasteiger partial charge in [0.1, 0.15) is 11.5 Å². The maximum absolute atomic E-state index is 13.3. The first-order valence-electron chi connectivity index (χ1n) is 10.9. The van der Waals surface area contributed by atoms with Gasteiger partial charge in [0.2, 0.25) is 5.13 Å². The summed E-state index contributed by atoms with van der Waals surface area (Å²) in [5.74, 6) is -0.545. The van der Waals surface area contributed by atoms with Crippen LogP contribution in [0.5, 0.6) is 5.75 Å². The Hall–Kier alpha value is -4.02. The molecule has 1 amide bonds. The second-order valence-electron chi connectivity index (χ2n) is 7.80. The lowest BCUT2D eigenvalue weighted by Crippen LogP contribution is -2.29. The highest BCUT2D eigenvalue weighted by Crippen LogP contribution is 2.44. The fourth-order valence-electron chi connectivity index (χ4n) is 3.87. The second kappa shape index (κ2) is 10.3. The van der Waals surface area contributed by atoms with E-state index < -0.39 is 17.7 Å². The Morgan fingerprint density at radius 1 is 1.03 bits per heavy atom. The van der Waals surface area contributed by atoms with E-state index in [1.54, 1.807) is 48.8 Å². The molecule has 0 radical (unpaired) electrons. The number of pyridine rings is 1. The van der Waals surface area contributed by atoms with E-state index in [0.717, 1.165) is 5.56 Å². The Balaban J connectivity index is 1.53. The number of Topliss-reactive ketones (excluding diaryl/α,β-unsaturated/α-hetero) is 1. The summed E-state index contributed by atoms with van der Waals surface area (Å²) in [6.07, 6.45) is 3.15. The molecule has 2 aromatic heterocycles. The third kappa shape index (κ3) is 4.60. The lowest BCUT2D eigenvalue weighted by atomic mass is 9.96. The topological polar surface area (TPSA) is 106 Å². The van der Waals surface area contributed by atoms with Gasteiger partial charge in [-0.1, -0.05) is 53.4 Å². The molecule has 3 heterocycles. The van der Waals surface area contributed by atoms with Crippen molar-refractivity contribution in [3.8, 4) is 5.75 Å². The van der Waals surface area contributed by atoms with Crippen molar-refractivity contribution in [2.24, 2.45) is 0 Å². The highest BCUT2D eigenvalue weighted by molar-refractivity contribution is 8.00.